The van der Waals surface area contributed by atoms with E-state index in [2.05, 4.69) is 9.88 Å². The summed E-state index contributed by atoms with van der Waals surface area (Å²) in [6.07, 6.45) is 3.20. The highest BCUT2D eigenvalue weighted by Gasteiger charge is 2.36. The van der Waals surface area contributed by atoms with Crippen LogP contribution in [0, 0.1) is 0 Å². The van der Waals surface area contributed by atoms with Gasteiger partial charge in [0.05, 0.1) is 35.6 Å². The predicted molar refractivity (Wildman–Crippen MR) is 101 cm³/mol. The minimum Gasteiger partial charge on any atom is -0.496 e. The van der Waals surface area contributed by atoms with E-state index in [4.69, 9.17) is 9.72 Å². The van der Waals surface area contributed by atoms with Crippen molar-refractivity contribution in [1.82, 2.24) is 14.9 Å². The van der Waals surface area contributed by atoms with Gasteiger partial charge >= 0.3 is 0 Å². The van der Waals surface area contributed by atoms with E-state index in [1.807, 2.05) is 54.7 Å². The highest BCUT2D eigenvalue weighted by atomic mass is 16.5. The molecule has 2 heterocycles. The van der Waals surface area contributed by atoms with E-state index in [1.54, 1.807) is 7.11 Å². The summed E-state index contributed by atoms with van der Waals surface area (Å²) in [4.78, 5) is 11.5. The Morgan fingerprint density at radius 1 is 1.04 bits per heavy atom. The van der Waals surface area contributed by atoms with Gasteiger partial charge in [-0.25, -0.2) is 4.98 Å². The van der Waals surface area contributed by atoms with Gasteiger partial charge in [0.15, 0.2) is 0 Å². The van der Waals surface area contributed by atoms with Crippen LogP contribution in [0.15, 0.2) is 54.7 Å². The topological polar surface area (TPSA) is 58.5 Å². The molecule has 134 valence electrons. The van der Waals surface area contributed by atoms with Crippen LogP contribution in [0.2, 0.25) is 0 Å². The lowest BCUT2D eigenvalue weighted by Gasteiger charge is -2.38. The fourth-order valence-electron chi connectivity index (χ4n) is 3.68. The molecule has 0 amide bonds. The van der Waals surface area contributed by atoms with E-state index in [9.17, 15) is 5.11 Å². The molecule has 1 saturated heterocycles. The third-order valence-corrected chi connectivity index (χ3v) is 5.18. The Kier molecular flexibility index (Phi) is 4.57. The van der Waals surface area contributed by atoms with Crippen molar-refractivity contribution in [2.24, 2.45) is 0 Å². The number of para-hydroxylation sites is 3. The number of aromatic nitrogens is 2. The number of fused-ring (bicyclic) bond motifs is 1. The Bertz CT molecular complexity index is 904. The van der Waals surface area contributed by atoms with Crippen LogP contribution in [-0.4, -0.2) is 40.2 Å². The van der Waals surface area contributed by atoms with Crippen LogP contribution in [0.5, 0.6) is 5.75 Å². The molecule has 1 aliphatic heterocycles. The van der Waals surface area contributed by atoms with Crippen molar-refractivity contribution in [1.29, 1.82) is 0 Å². The second-order valence-electron chi connectivity index (χ2n) is 6.86. The number of hydrogen-bond acceptors (Lipinski definition) is 5. The molecule has 0 radical (unpaired) electrons. The van der Waals surface area contributed by atoms with Crippen LogP contribution in [0.1, 0.15) is 24.1 Å². The van der Waals surface area contributed by atoms with Gasteiger partial charge in [-0.3, -0.25) is 9.88 Å². The first-order chi connectivity index (χ1) is 12.7. The number of likely N-dealkylation sites (tertiary alicyclic amines) is 1. The normalized spacial score (nSPS) is 17.3. The van der Waals surface area contributed by atoms with Crippen molar-refractivity contribution < 1.29 is 9.84 Å². The number of hydrogen-bond donors (Lipinski definition) is 1. The third-order valence-electron chi connectivity index (χ3n) is 5.18. The molecule has 0 bridgehead atoms. The summed E-state index contributed by atoms with van der Waals surface area (Å²) in [7, 11) is 1.65. The quantitative estimate of drug-likeness (QED) is 0.784. The Morgan fingerprint density at radius 3 is 2.50 bits per heavy atom. The van der Waals surface area contributed by atoms with Crippen LogP contribution in [0.3, 0.4) is 0 Å². The molecule has 5 nitrogen and oxygen atoms in total. The van der Waals surface area contributed by atoms with Gasteiger partial charge in [-0.2, -0.15) is 0 Å². The average molecular weight is 349 g/mol. The fourth-order valence-corrected chi connectivity index (χ4v) is 3.68. The smallest absolute Gasteiger partial charge is 0.124 e. The molecule has 0 atom stereocenters. The summed E-state index contributed by atoms with van der Waals surface area (Å²) in [5, 5.41) is 11.1. The number of ether oxygens (including phenoxy) is 1. The first-order valence-electron chi connectivity index (χ1n) is 8.97. The summed E-state index contributed by atoms with van der Waals surface area (Å²) >= 11 is 0. The number of piperidine rings is 1. The Balaban J connectivity index is 1.46. The van der Waals surface area contributed by atoms with E-state index in [0.29, 0.717) is 12.8 Å². The Labute approximate surface area is 153 Å². The van der Waals surface area contributed by atoms with E-state index < -0.39 is 5.60 Å². The lowest BCUT2D eigenvalue weighted by molar-refractivity contribution is -0.0294. The van der Waals surface area contributed by atoms with Gasteiger partial charge < -0.3 is 9.84 Å². The van der Waals surface area contributed by atoms with Crippen LogP contribution < -0.4 is 4.74 Å². The largest absolute Gasteiger partial charge is 0.496 e. The summed E-state index contributed by atoms with van der Waals surface area (Å²) in [6.45, 7) is 2.37. The Hall–Kier alpha value is -2.50. The molecule has 1 N–H and O–H groups in total. The van der Waals surface area contributed by atoms with Crippen molar-refractivity contribution in [2.75, 3.05) is 20.2 Å². The predicted octanol–water partition coefficient (Wildman–Crippen LogP) is 3.12. The number of methoxy groups -OCH3 is 1. The van der Waals surface area contributed by atoms with Gasteiger partial charge in [0.2, 0.25) is 0 Å². The van der Waals surface area contributed by atoms with E-state index in [-0.39, 0.29) is 0 Å². The standard InChI is InChI=1S/C21H23N3O2/c1-26-20-9-5-2-6-17(20)21(25)10-12-24(13-11-21)15-16-14-22-18-7-3-4-8-19(18)23-16/h2-9,14,25H,10-13,15H2,1H3. The van der Waals surface area contributed by atoms with Crippen LogP contribution >= 0.6 is 0 Å². The van der Waals surface area contributed by atoms with Crippen LogP contribution in [0.4, 0.5) is 0 Å². The highest BCUT2D eigenvalue weighted by molar-refractivity contribution is 5.73. The van der Waals surface area contributed by atoms with Gasteiger partial charge in [0.25, 0.3) is 0 Å². The first kappa shape index (κ1) is 16.9. The van der Waals surface area contributed by atoms with Gasteiger partial charge in [-0.1, -0.05) is 30.3 Å². The van der Waals surface area contributed by atoms with Crippen LogP contribution in [-0.2, 0) is 12.1 Å². The Morgan fingerprint density at radius 2 is 1.73 bits per heavy atom. The minimum absolute atomic E-state index is 0.675. The van der Waals surface area contributed by atoms with Gasteiger partial charge in [-0.05, 0) is 31.0 Å². The molecule has 1 aliphatic rings. The highest BCUT2D eigenvalue weighted by Crippen LogP contribution is 2.38. The minimum atomic E-state index is -0.835. The maximum Gasteiger partial charge on any atom is 0.124 e. The summed E-state index contributed by atoms with van der Waals surface area (Å²) < 4.78 is 5.44. The van der Waals surface area contributed by atoms with Crippen LogP contribution in [0.25, 0.3) is 11.0 Å². The van der Waals surface area contributed by atoms with Crippen molar-refractivity contribution in [2.45, 2.75) is 25.0 Å². The van der Waals surface area contributed by atoms with E-state index in [0.717, 1.165) is 47.7 Å². The molecule has 1 aromatic heterocycles. The number of nitrogens with zero attached hydrogens (tertiary/aromatic N) is 3. The van der Waals surface area contributed by atoms with Gasteiger partial charge in [0, 0.05) is 25.2 Å². The monoisotopic (exact) mass is 349 g/mol. The zero-order valence-electron chi connectivity index (χ0n) is 14.9. The maximum absolute atomic E-state index is 11.1. The molecular formula is C21H23N3O2. The average Bonchev–Trinajstić information content (AvgIpc) is 2.70. The molecule has 0 saturated carbocycles. The van der Waals surface area contributed by atoms with Crippen molar-refractivity contribution in [3.8, 4) is 5.75 Å². The first-order valence-corrected chi connectivity index (χ1v) is 8.97. The van der Waals surface area contributed by atoms with E-state index in [1.165, 1.54) is 0 Å². The third kappa shape index (κ3) is 3.28. The van der Waals surface area contributed by atoms with Crippen molar-refractivity contribution in [3.05, 3.63) is 66.0 Å². The number of benzene rings is 2. The lowest BCUT2D eigenvalue weighted by Crippen LogP contribution is -2.42. The second-order valence-corrected chi connectivity index (χ2v) is 6.86. The molecule has 0 spiro atoms. The molecule has 0 unspecified atom stereocenters. The summed E-state index contributed by atoms with van der Waals surface area (Å²) in [5.41, 5.74) is 2.85. The molecule has 5 heteroatoms. The van der Waals surface area contributed by atoms with E-state index >= 15 is 0 Å². The zero-order chi connectivity index (χ0) is 18.0. The second kappa shape index (κ2) is 7.02. The molecule has 26 heavy (non-hydrogen) atoms. The molecule has 3 aromatic rings. The van der Waals surface area contributed by atoms with Crippen molar-refractivity contribution >= 4 is 11.0 Å². The fraction of sp³-hybridized carbons (Fsp3) is 0.333. The summed E-state index contributed by atoms with van der Waals surface area (Å²) in [6, 6.07) is 15.7. The molecular weight excluding hydrogens is 326 g/mol. The van der Waals surface area contributed by atoms with Crippen molar-refractivity contribution in [3.63, 3.8) is 0 Å². The molecule has 1 fully saturated rings. The maximum atomic E-state index is 11.1. The number of rotatable bonds is 4. The zero-order valence-corrected chi connectivity index (χ0v) is 14.9. The lowest BCUT2D eigenvalue weighted by atomic mass is 9.84. The summed E-state index contributed by atoms with van der Waals surface area (Å²) in [5.74, 6) is 0.754. The van der Waals surface area contributed by atoms with Gasteiger partial charge in [0.1, 0.15) is 5.75 Å². The van der Waals surface area contributed by atoms with Gasteiger partial charge in [-0.15, -0.1) is 0 Å². The molecule has 4 rings (SSSR count). The molecule has 0 aliphatic carbocycles. The SMILES string of the molecule is COc1ccccc1C1(O)CCN(Cc2cnc3ccccc3n2)CC1. The molecule has 2 aromatic carbocycles. The number of aliphatic hydroxyl groups is 1.